The summed E-state index contributed by atoms with van der Waals surface area (Å²) in [6.07, 6.45) is 0. The lowest BCUT2D eigenvalue weighted by atomic mass is 9.97. The fourth-order valence-corrected chi connectivity index (χ4v) is 8.07. The van der Waals surface area contributed by atoms with Crippen molar-refractivity contribution in [1.82, 2.24) is 0 Å². The molecule has 0 amide bonds. The van der Waals surface area contributed by atoms with Crippen molar-refractivity contribution in [3.05, 3.63) is 169 Å². The van der Waals surface area contributed by atoms with Crippen molar-refractivity contribution in [2.75, 3.05) is 0 Å². The Hall–Kier alpha value is -5.69. The molecule has 50 heavy (non-hydrogen) atoms. The highest BCUT2D eigenvalue weighted by Crippen LogP contribution is 2.44. The van der Waals surface area contributed by atoms with E-state index >= 15 is 0 Å². The SMILES string of the molecule is Cc1cc(Oc2ccc3c(c2)Oc2ccccc2S3(=O)=O)cc(C)c1-[n+]1c(-c2ccccc2)cc(-c2ccccc2)cc1-c1ccccc1.[Cl-]. The number of nitrogens with zero attached hydrogens (tertiary/aromatic N) is 1. The summed E-state index contributed by atoms with van der Waals surface area (Å²) < 4.78 is 41.3. The summed E-state index contributed by atoms with van der Waals surface area (Å²) in [4.78, 5) is 0.288. The second-order valence-corrected chi connectivity index (χ2v) is 14.0. The van der Waals surface area contributed by atoms with E-state index in [1.807, 2.05) is 30.3 Å². The Kier molecular flexibility index (Phi) is 8.74. The van der Waals surface area contributed by atoms with Gasteiger partial charge in [0.2, 0.25) is 26.9 Å². The van der Waals surface area contributed by atoms with Gasteiger partial charge in [-0.2, -0.15) is 4.57 Å². The maximum Gasteiger partial charge on any atom is 0.219 e. The number of sulfone groups is 1. The van der Waals surface area contributed by atoms with E-state index < -0.39 is 9.84 Å². The standard InChI is InChI=1S/C43H32NO4S.ClH/c1-29-24-36(47-35-22-23-42-40(28-35)48-39-20-12-13-21-41(39)49(42,45)46)25-30(2)43(29)44-37(32-16-8-4-9-17-32)26-34(31-14-6-3-7-15-31)27-38(44)33-18-10-5-11-19-33;/h3-28H,1-2H3;1H/q+1;/p-1. The number of hydrogen-bond acceptors (Lipinski definition) is 4. The molecule has 1 aliphatic rings. The molecule has 0 bridgehead atoms. The fraction of sp³-hybridized carbons (Fsp3) is 0.0465. The summed E-state index contributed by atoms with van der Waals surface area (Å²) in [5.74, 6) is 1.67. The van der Waals surface area contributed by atoms with E-state index in [-0.39, 0.29) is 27.9 Å². The van der Waals surface area contributed by atoms with E-state index in [1.165, 1.54) is 0 Å². The lowest BCUT2D eigenvalue weighted by molar-refractivity contribution is -0.572. The van der Waals surface area contributed by atoms with E-state index in [0.717, 1.165) is 50.5 Å². The summed E-state index contributed by atoms with van der Waals surface area (Å²) in [5, 5.41) is 0. The molecular weight excluding hydrogens is 662 g/mol. The molecule has 0 fully saturated rings. The van der Waals surface area contributed by atoms with Crippen LogP contribution < -0.4 is 26.4 Å². The lowest BCUT2D eigenvalue weighted by Crippen LogP contribution is -3.00. The summed E-state index contributed by atoms with van der Waals surface area (Å²) >= 11 is 0. The van der Waals surface area contributed by atoms with Gasteiger partial charge in [0.25, 0.3) is 0 Å². The van der Waals surface area contributed by atoms with Gasteiger partial charge >= 0.3 is 0 Å². The topological polar surface area (TPSA) is 56.5 Å². The Morgan fingerprint density at radius 1 is 0.500 bits per heavy atom. The zero-order chi connectivity index (χ0) is 33.5. The molecule has 246 valence electrons. The van der Waals surface area contributed by atoms with Crippen molar-refractivity contribution >= 4 is 9.84 Å². The van der Waals surface area contributed by atoms with Gasteiger partial charge in [0.15, 0.2) is 0 Å². The van der Waals surface area contributed by atoms with Crippen LogP contribution in [0.4, 0.5) is 0 Å². The summed E-state index contributed by atoms with van der Waals surface area (Å²) in [7, 11) is -3.70. The number of pyridine rings is 1. The third kappa shape index (κ3) is 5.93. The van der Waals surface area contributed by atoms with Crippen LogP contribution >= 0.6 is 0 Å². The largest absolute Gasteiger partial charge is 1.00 e. The molecule has 0 saturated carbocycles. The van der Waals surface area contributed by atoms with Crippen LogP contribution in [0.25, 0.3) is 39.3 Å². The maximum atomic E-state index is 13.3. The first kappa shape index (κ1) is 32.8. The maximum absolute atomic E-state index is 13.3. The van der Waals surface area contributed by atoms with Crippen molar-refractivity contribution < 1.29 is 34.9 Å². The van der Waals surface area contributed by atoms with Crippen LogP contribution in [0.1, 0.15) is 11.1 Å². The first-order valence-electron chi connectivity index (χ1n) is 16.1. The number of hydrogen-bond donors (Lipinski definition) is 0. The highest BCUT2D eigenvalue weighted by atomic mass is 35.5. The Morgan fingerprint density at radius 3 is 1.58 bits per heavy atom. The smallest absolute Gasteiger partial charge is 0.219 e. The van der Waals surface area contributed by atoms with Crippen molar-refractivity contribution in [2.45, 2.75) is 23.6 Å². The van der Waals surface area contributed by atoms with Crippen LogP contribution in [-0.2, 0) is 9.84 Å². The minimum atomic E-state index is -3.70. The monoisotopic (exact) mass is 693 g/mol. The van der Waals surface area contributed by atoms with E-state index in [0.29, 0.717) is 17.2 Å². The van der Waals surface area contributed by atoms with Gasteiger partial charge in [-0.15, -0.1) is 0 Å². The van der Waals surface area contributed by atoms with E-state index in [9.17, 15) is 8.42 Å². The van der Waals surface area contributed by atoms with E-state index in [1.54, 1.807) is 42.5 Å². The van der Waals surface area contributed by atoms with Crippen LogP contribution in [0.2, 0.25) is 0 Å². The van der Waals surface area contributed by atoms with Crippen LogP contribution in [0.15, 0.2) is 168 Å². The molecule has 8 rings (SSSR count). The minimum Gasteiger partial charge on any atom is -1.00 e. The number of benzene rings is 6. The number of halogens is 1. The van der Waals surface area contributed by atoms with Crippen LogP contribution in [-0.4, -0.2) is 8.42 Å². The second-order valence-electron chi connectivity index (χ2n) is 12.1. The van der Waals surface area contributed by atoms with Gasteiger partial charge < -0.3 is 21.9 Å². The molecule has 2 heterocycles. The zero-order valence-corrected chi connectivity index (χ0v) is 28.9. The first-order valence-corrected chi connectivity index (χ1v) is 17.6. The van der Waals surface area contributed by atoms with Crippen LogP contribution in [0, 0.1) is 13.8 Å². The molecule has 0 N–H and O–H groups in total. The quantitative estimate of drug-likeness (QED) is 0.171. The van der Waals surface area contributed by atoms with Crippen molar-refractivity contribution in [3.8, 4) is 62.3 Å². The Balaban J connectivity index is 0.00000392. The molecule has 7 aromatic rings. The Labute approximate surface area is 298 Å². The first-order chi connectivity index (χ1) is 23.9. The van der Waals surface area contributed by atoms with E-state index in [2.05, 4.69) is 103 Å². The summed E-state index contributed by atoms with van der Waals surface area (Å²) in [5.41, 5.74) is 9.70. The molecule has 6 aromatic carbocycles. The second kappa shape index (κ2) is 13.3. The van der Waals surface area contributed by atoms with Gasteiger partial charge in [0, 0.05) is 40.5 Å². The van der Waals surface area contributed by atoms with Crippen molar-refractivity contribution in [3.63, 3.8) is 0 Å². The van der Waals surface area contributed by atoms with Crippen molar-refractivity contribution in [1.29, 1.82) is 0 Å². The minimum absolute atomic E-state index is 0. The molecular formula is C43H32ClNO4S. The molecule has 0 unspecified atom stereocenters. The molecule has 7 heteroatoms. The van der Waals surface area contributed by atoms with Gasteiger partial charge in [-0.25, -0.2) is 8.42 Å². The summed E-state index contributed by atoms with van der Waals surface area (Å²) in [6, 6.07) is 51.5. The number of fused-ring (bicyclic) bond motifs is 2. The zero-order valence-electron chi connectivity index (χ0n) is 27.4. The van der Waals surface area contributed by atoms with Gasteiger partial charge in [0.05, 0.1) is 0 Å². The Morgan fingerprint density at radius 2 is 1.00 bits per heavy atom. The number of para-hydroxylation sites is 1. The average Bonchev–Trinajstić information content (AvgIpc) is 3.12. The number of rotatable bonds is 6. The Bertz CT molecular complexity index is 2380. The molecule has 0 spiro atoms. The van der Waals surface area contributed by atoms with Crippen LogP contribution in [0.3, 0.4) is 0 Å². The molecule has 0 aliphatic carbocycles. The highest BCUT2D eigenvalue weighted by Gasteiger charge is 2.32. The van der Waals surface area contributed by atoms with Gasteiger partial charge in [0.1, 0.15) is 32.8 Å². The molecule has 0 atom stereocenters. The number of ether oxygens (including phenoxy) is 2. The average molecular weight is 694 g/mol. The number of aromatic nitrogens is 1. The van der Waals surface area contributed by atoms with Gasteiger partial charge in [-0.1, -0.05) is 78.9 Å². The molecule has 1 aromatic heterocycles. The third-order valence-electron chi connectivity index (χ3n) is 8.80. The third-order valence-corrected chi connectivity index (χ3v) is 10.6. The highest BCUT2D eigenvalue weighted by molar-refractivity contribution is 7.91. The van der Waals surface area contributed by atoms with E-state index in [4.69, 9.17) is 9.47 Å². The predicted octanol–water partition coefficient (Wildman–Crippen LogP) is 7.32. The van der Waals surface area contributed by atoms with Crippen LogP contribution in [0.5, 0.6) is 23.0 Å². The summed E-state index contributed by atoms with van der Waals surface area (Å²) in [6.45, 7) is 4.19. The fourth-order valence-electron chi connectivity index (χ4n) is 6.59. The molecule has 0 saturated heterocycles. The normalized spacial score (nSPS) is 12.5. The molecule has 0 radical (unpaired) electrons. The molecule has 5 nitrogen and oxygen atoms in total. The van der Waals surface area contributed by atoms with Gasteiger partial charge in [-0.3, -0.25) is 0 Å². The lowest BCUT2D eigenvalue weighted by Gasteiger charge is -2.21. The molecule has 1 aliphatic heterocycles. The van der Waals surface area contributed by atoms with Crippen molar-refractivity contribution in [2.24, 2.45) is 0 Å². The number of aryl methyl sites for hydroxylation is 2. The predicted molar refractivity (Wildman–Crippen MR) is 192 cm³/mol. The van der Waals surface area contributed by atoms with Gasteiger partial charge in [-0.05, 0) is 85.6 Å².